The average Bonchev–Trinajstić information content (AvgIpc) is 2.35. The molecule has 4 heteroatoms. The van der Waals surface area contributed by atoms with Gasteiger partial charge in [0.1, 0.15) is 5.75 Å². The van der Waals surface area contributed by atoms with Crippen LogP contribution >= 0.6 is 0 Å². The molecule has 0 aliphatic heterocycles. The van der Waals surface area contributed by atoms with E-state index in [9.17, 15) is 4.79 Å². The van der Waals surface area contributed by atoms with E-state index in [2.05, 4.69) is 5.10 Å². The highest BCUT2D eigenvalue weighted by atomic mass is 16.5. The van der Waals surface area contributed by atoms with Crippen molar-refractivity contribution in [3.05, 3.63) is 46.2 Å². The number of hydrogen-bond acceptors (Lipinski definition) is 3. The number of aryl methyl sites for hydroxylation is 2. The van der Waals surface area contributed by atoms with Crippen LogP contribution in [0.25, 0.3) is 11.3 Å². The minimum Gasteiger partial charge on any atom is -0.497 e. The number of nitrogens with zero attached hydrogens (tertiary/aromatic N) is 2. The smallest absolute Gasteiger partial charge is 0.269 e. The lowest BCUT2D eigenvalue weighted by Crippen LogP contribution is -2.21. The van der Waals surface area contributed by atoms with Crippen LogP contribution in [-0.2, 0) is 7.05 Å². The number of benzene rings is 1. The Morgan fingerprint density at radius 1 is 1.24 bits per heavy atom. The zero-order valence-electron chi connectivity index (χ0n) is 10.1. The van der Waals surface area contributed by atoms with Crippen molar-refractivity contribution in [3.63, 3.8) is 0 Å². The first kappa shape index (κ1) is 11.4. The molecule has 1 heterocycles. The third-order valence-electron chi connectivity index (χ3n) is 2.63. The van der Waals surface area contributed by atoms with Crippen molar-refractivity contribution in [2.24, 2.45) is 7.05 Å². The summed E-state index contributed by atoms with van der Waals surface area (Å²) in [5.41, 5.74) is 2.37. The molecule has 0 unspecified atom stereocenters. The van der Waals surface area contributed by atoms with Gasteiger partial charge in [-0.05, 0) is 37.3 Å². The first-order chi connectivity index (χ1) is 8.11. The standard InChI is InChI=1S/C13H14N2O2/c1-9-8-12(14-15(2)13(9)16)10-4-6-11(17-3)7-5-10/h4-8H,1-3H3. The van der Waals surface area contributed by atoms with Gasteiger partial charge < -0.3 is 4.74 Å². The zero-order valence-corrected chi connectivity index (χ0v) is 10.1. The predicted molar refractivity (Wildman–Crippen MR) is 66.2 cm³/mol. The van der Waals surface area contributed by atoms with Crippen LogP contribution in [0.5, 0.6) is 5.75 Å². The lowest BCUT2D eigenvalue weighted by Gasteiger charge is -2.05. The molecular formula is C13H14N2O2. The fraction of sp³-hybridized carbons (Fsp3) is 0.231. The van der Waals surface area contributed by atoms with E-state index in [1.54, 1.807) is 27.1 Å². The normalized spacial score (nSPS) is 10.3. The molecule has 0 amide bonds. The van der Waals surface area contributed by atoms with Gasteiger partial charge in [-0.25, -0.2) is 4.68 Å². The maximum atomic E-state index is 11.5. The first-order valence-electron chi connectivity index (χ1n) is 5.31. The molecule has 0 saturated heterocycles. The Labute approximate surface area is 99.5 Å². The third kappa shape index (κ3) is 2.20. The maximum Gasteiger partial charge on any atom is 0.269 e. The van der Waals surface area contributed by atoms with E-state index in [4.69, 9.17) is 4.74 Å². The SMILES string of the molecule is COc1ccc(-c2cc(C)c(=O)n(C)n2)cc1. The van der Waals surface area contributed by atoms with Crippen molar-refractivity contribution in [2.75, 3.05) is 7.11 Å². The van der Waals surface area contributed by atoms with E-state index in [-0.39, 0.29) is 5.56 Å². The summed E-state index contributed by atoms with van der Waals surface area (Å²) in [4.78, 5) is 11.5. The number of aromatic nitrogens is 2. The summed E-state index contributed by atoms with van der Waals surface area (Å²) < 4.78 is 6.45. The molecule has 0 fully saturated rings. The molecule has 0 atom stereocenters. The molecule has 2 rings (SSSR count). The highest BCUT2D eigenvalue weighted by Crippen LogP contribution is 2.20. The topological polar surface area (TPSA) is 44.1 Å². The Morgan fingerprint density at radius 2 is 1.88 bits per heavy atom. The van der Waals surface area contributed by atoms with Crippen molar-refractivity contribution < 1.29 is 4.74 Å². The number of methoxy groups -OCH3 is 1. The first-order valence-corrected chi connectivity index (χ1v) is 5.31. The van der Waals surface area contributed by atoms with E-state index in [1.165, 1.54) is 4.68 Å². The van der Waals surface area contributed by atoms with Crippen LogP contribution in [0.3, 0.4) is 0 Å². The summed E-state index contributed by atoms with van der Waals surface area (Å²) in [6.07, 6.45) is 0. The number of hydrogen-bond donors (Lipinski definition) is 0. The monoisotopic (exact) mass is 230 g/mol. The lowest BCUT2D eigenvalue weighted by atomic mass is 10.1. The Morgan fingerprint density at radius 3 is 2.41 bits per heavy atom. The number of rotatable bonds is 2. The van der Waals surface area contributed by atoms with Crippen LogP contribution in [0.2, 0.25) is 0 Å². The molecule has 2 aromatic rings. The molecule has 0 aliphatic carbocycles. The van der Waals surface area contributed by atoms with Gasteiger partial charge in [0.15, 0.2) is 0 Å². The summed E-state index contributed by atoms with van der Waals surface area (Å²) in [5, 5.41) is 4.22. The minimum atomic E-state index is -0.0674. The highest BCUT2D eigenvalue weighted by Gasteiger charge is 2.04. The van der Waals surface area contributed by atoms with Crippen molar-refractivity contribution in [1.29, 1.82) is 0 Å². The maximum absolute atomic E-state index is 11.5. The van der Waals surface area contributed by atoms with Gasteiger partial charge in [-0.3, -0.25) is 4.79 Å². The third-order valence-corrected chi connectivity index (χ3v) is 2.63. The fourth-order valence-corrected chi connectivity index (χ4v) is 1.66. The second-order valence-corrected chi connectivity index (χ2v) is 3.87. The van der Waals surface area contributed by atoms with Gasteiger partial charge in [0.05, 0.1) is 12.8 Å². The lowest BCUT2D eigenvalue weighted by molar-refractivity contribution is 0.415. The summed E-state index contributed by atoms with van der Waals surface area (Å²) in [7, 11) is 3.28. The summed E-state index contributed by atoms with van der Waals surface area (Å²) in [5.74, 6) is 0.801. The van der Waals surface area contributed by atoms with Crippen LogP contribution in [-0.4, -0.2) is 16.9 Å². The quantitative estimate of drug-likeness (QED) is 0.789. The molecule has 1 aromatic heterocycles. The van der Waals surface area contributed by atoms with E-state index < -0.39 is 0 Å². The Hall–Kier alpha value is -2.10. The van der Waals surface area contributed by atoms with Crippen LogP contribution < -0.4 is 10.3 Å². The van der Waals surface area contributed by atoms with Gasteiger partial charge in [-0.1, -0.05) is 0 Å². The Balaban J connectivity index is 2.49. The van der Waals surface area contributed by atoms with Crippen molar-refractivity contribution in [3.8, 4) is 17.0 Å². The van der Waals surface area contributed by atoms with Crippen molar-refractivity contribution >= 4 is 0 Å². The van der Waals surface area contributed by atoms with E-state index in [0.717, 1.165) is 17.0 Å². The zero-order chi connectivity index (χ0) is 12.4. The van der Waals surface area contributed by atoms with E-state index in [1.807, 2.05) is 24.3 Å². The van der Waals surface area contributed by atoms with Crippen LogP contribution in [0.4, 0.5) is 0 Å². The summed E-state index contributed by atoms with van der Waals surface area (Å²) in [6, 6.07) is 9.38. The van der Waals surface area contributed by atoms with Gasteiger partial charge in [0.25, 0.3) is 5.56 Å². The minimum absolute atomic E-state index is 0.0674. The van der Waals surface area contributed by atoms with Crippen molar-refractivity contribution in [1.82, 2.24) is 9.78 Å². The molecule has 4 nitrogen and oxygen atoms in total. The van der Waals surface area contributed by atoms with Crippen molar-refractivity contribution in [2.45, 2.75) is 6.92 Å². The molecule has 88 valence electrons. The second-order valence-electron chi connectivity index (χ2n) is 3.87. The van der Waals surface area contributed by atoms with Gasteiger partial charge in [0, 0.05) is 18.2 Å². The molecule has 17 heavy (non-hydrogen) atoms. The molecule has 0 spiro atoms. The molecule has 0 bridgehead atoms. The Kier molecular flexibility index (Phi) is 2.95. The van der Waals surface area contributed by atoms with Gasteiger partial charge in [-0.15, -0.1) is 0 Å². The fourth-order valence-electron chi connectivity index (χ4n) is 1.66. The molecular weight excluding hydrogens is 216 g/mol. The summed E-state index contributed by atoms with van der Waals surface area (Å²) in [6.45, 7) is 1.79. The second kappa shape index (κ2) is 4.41. The molecule has 0 N–H and O–H groups in total. The summed E-state index contributed by atoms with van der Waals surface area (Å²) >= 11 is 0. The molecule has 1 aromatic carbocycles. The van der Waals surface area contributed by atoms with Gasteiger partial charge >= 0.3 is 0 Å². The molecule has 0 aliphatic rings. The van der Waals surface area contributed by atoms with E-state index in [0.29, 0.717) is 5.56 Å². The van der Waals surface area contributed by atoms with Gasteiger partial charge in [-0.2, -0.15) is 5.10 Å². The van der Waals surface area contributed by atoms with E-state index >= 15 is 0 Å². The number of ether oxygens (including phenoxy) is 1. The van der Waals surface area contributed by atoms with Crippen LogP contribution in [0.1, 0.15) is 5.56 Å². The van der Waals surface area contributed by atoms with Crippen LogP contribution in [0, 0.1) is 6.92 Å². The predicted octanol–water partition coefficient (Wildman–Crippen LogP) is 1.76. The van der Waals surface area contributed by atoms with Gasteiger partial charge in [0.2, 0.25) is 0 Å². The average molecular weight is 230 g/mol. The highest BCUT2D eigenvalue weighted by molar-refractivity contribution is 5.60. The molecule has 0 radical (unpaired) electrons. The molecule has 0 saturated carbocycles. The van der Waals surface area contributed by atoms with Crippen LogP contribution in [0.15, 0.2) is 35.1 Å². The Bertz CT molecular complexity index is 559. The largest absolute Gasteiger partial charge is 0.497 e.